The summed E-state index contributed by atoms with van der Waals surface area (Å²) in [7, 11) is 3.94. The molecule has 0 radical (unpaired) electrons. The summed E-state index contributed by atoms with van der Waals surface area (Å²) in [5, 5.41) is 7.20. The molecule has 0 bridgehead atoms. The van der Waals surface area contributed by atoms with Crippen LogP contribution in [0.15, 0.2) is 54.9 Å². The average molecular weight is 294 g/mol. The van der Waals surface area contributed by atoms with Crippen LogP contribution >= 0.6 is 0 Å². The summed E-state index contributed by atoms with van der Waals surface area (Å²) in [6, 6.07) is 13.4. The first-order valence-corrected chi connectivity index (χ1v) is 7.12. The van der Waals surface area contributed by atoms with Gasteiger partial charge in [-0.1, -0.05) is 6.07 Å². The highest BCUT2D eigenvalue weighted by atomic mass is 16.1. The predicted octanol–water partition coefficient (Wildman–Crippen LogP) is 2.33. The number of nitrogens with one attached hydrogen (secondary N) is 1. The van der Waals surface area contributed by atoms with Crippen molar-refractivity contribution in [3.63, 3.8) is 0 Å². The first-order chi connectivity index (χ1) is 10.6. The number of aromatic nitrogens is 2. The van der Waals surface area contributed by atoms with E-state index in [9.17, 15) is 4.79 Å². The van der Waals surface area contributed by atoms with Gasteiger partial charge in [0.25, 0.3) is 5.91 Å². The van der Waals surface area contributed by atoms with Crippen LogP contribution in [0.4, 0.5) is 5.69 Å². The summed E-state index contributed by atoms with van der Waals surface area (Å²) in [5.41, 5.74) is 3.73. The van der Waals surface area contributed by atoms with Gasteiger partial charge < -0.3 is 10.2 Å². The highest BCUT2D eigenvalue weighted by molar-refractivity contribution is 5.94. The van der Waals surface area contributed by atoms with E-state index in [1.54, 1.807) is 10.7 Å². The third-order valence-corrected chi connectivity index (χ3v) is 3.59. The van der Waals surface area contributed by atoms with Crippen LogP contribution < -0.4 is 10.2 Å². The maximum Gasteiger partial charge on any atom is 0.251 e. The molecule has 0 aliphatic carbocycles. The molecule has 0 saturated heterocycles. The van der Waals surface area contributed by atoms with Gasteiger partial charge in [0.05, 0.1) is 11.7 Å². The monoisotopic (exact) mass is 294 g/mol. The molecule has 5 nitrogen and oxygen atoms in total. The normalized spacial score (nSPS) is 10.6. The van der Waals surface area contributed by atoms with E-state index in [-0.39, 0.29) is 5.91 Å². The standard InChI is InChI=1S/C17H18N4O/c1-20(2)15-8-6-13(7-9-15)17(22)18-11-14-12-19-21-10-4-3-5-16(14)21/h3-10,12H,11H2,1-2H3,(H,18,22). The first kappa shape index (κ1) is 14.1. The number of hydrogen-bond acceptors (Lipinski definition) is 3. The lowest BCUT2D eigenvalue weighted by atomic mass is 10.2. The average Bonchev–Trinajstić information content (AvgIpc) is 2.96. The second-order valence-corrected chi connectivity index (χ2v) is 5.32. The fraction of sp³-hybridized carbons (Fsp3) is 0.176. The molecule has 5 heteroatoms. The number of carbonyl (C=O) groups is 1. The van der Waals surface area contributed by atoms with Crippen LogP contribution in [-0.4, -0.2) is 29.6 Å². The summed E-state index contributed by atoms with van der Waals surface area (Å²) in [5.74, 6) is -0.0828. The fourth-order valence-electron chi connectivity index (χ4n) is 2.31. The molecule has 112 valence electrons. The van der Waals surface area contributed by atoms with Gasteiger partial charge >= 0.3 is 0 Å². The first-order valence-electron chi connectivity index (χ1n) is 7.12. The number of fused-ring (bicyclic) bond motifs is 1. The Morgan fingerprint density at radius 1 is 1.18 bits per heavy atom. The highest BCUT2D eigenvalue weighted by Crippen LogP contribution is 2.13. The van der Waals surface area contributed by atoms with E-state index in [0.29, 0.717) is 12.1 Å². The Morgan fingerprint density at radius 2 is 1.95 bits per heavy atom. The van der Waals surface area contributed by atoms with Gasteiger partial charge in [-0.25, -0.2) is 4.52 Å². The van der Waals surface area contributed by atoms with E-state index >= 15 is 0 Å². The molecule has 0 atom stereocenters. The lowest BCUT2D eigenvalue weighted by Crippen LogP contribution is -2.22. The van der Waals surface area contributed by atoms with Crippen LogP contribution in [0.1, 0.15) is 15.9 Å². The van der Waals surface area contributed by atoms with Crippen molar-refractivity contribution >= 4 is 17.1 Å². The van der Waals surface area contributed by atoms with Gasteiger partial charge in [0.2, 0.25) is 0 Å². The minimum absolute atomic E-state index is 0.0828. The van der Waals surface area contributed by atoms with Crippen LogP contribution in [0.2, 0.25) is 0 Å². The molecule has 1 aromatic carbocycles. The Kier molecular flexibility index (Phi) is 3.78. The molecule has 1 N–H and O–H groups in total. The number of nitrogens with zero attached hydrogens (tertiary/aromatic N) is 3. The van der Waals surface area contributed by atoms with E-state index in [0.717, 1.165) is 16.8 Å². The minimum Gasteiger partial charge on any atom is -0.378 e. The Hall–Kier alpha value is -2.82. The molecule has 0 aliphatic heterocycles. The summed E-state index contributed by atoms with van der Waals surface area (Å²) in [4.78, 5) is 14.2. The molecule has 2 aromatic heterocycles. The molecular weight excluding hydrogens is 276 g/mol. The Bertz CT molecular complexity index is 790. The zero-order valence-corrected chi connectivity index (χ0v) is 12.7. The van der Waals surface area contributed by atoms with Gasteiger partial charge in [-0.3, -0.25) is 4.79 Å². The smallest absolute Gasteiger partial charge is 0.251 e. The number of benzene rings is 1. The molecule has 0 spiro atoms. The van der Waals surface area contributed by atoms with Gasteiger partial charge in [0.15, 0.2) is 0 Å². The molecule has 0 unspecified atom stereocenters. The summed E-state index contributed by atoms with van der Waals surface area (Å²) in [6.07, 6.45) is 3.67. The second kappa shape index (κ2) is 5.89. The van der Waals surface area contributed by atoms with Crippen molar-refractivity contribution in [2.45, 2.75) is 6.54 Å². The van der Waals surface area contributed by atoms with Crippen LogP contribution in [0.3, 0.4) is 0 Å². The molecule has 0 saturated carbocycles. The van der Waals surface area contributed by atoms with Crippen LogP contribution in [0, 0.1) is 0 Å². The molecule has 3 rings (SSSR count). The summed E-state index contributed by atoms with van der Waals surface area (Å²) < 4.78 is 1.80. The zero-order valence-electron chi connectivity index (χ0n) is 12.7. The van der Waals surface area contributed by atoms with Crippen LogP contribution in [0.25, 0.3) is 5.52 Å². The summed E-state index contributed by atoms with van der Waals surface area (Å²) >= 11 is 0. The maximum atomic E-state index is 12.2. The van der Waals surface area contributed by atoms with Gasteiger partial charge in [-0.15, -0.1) is 0 Å². The van der Waals surface area contributed by atoms with Gasteiger partial charge in [0.1, 0.15) is 0 Å². The molecule has 0 aliphatic rings. The molecular formula is C17H18N4O. The SMILES string of the molecule is CN(C)c1ccc(C(=O)NCc2cnn3ccccc23)cc1. The van der Waals surface area contributed by atoms with Gasteiger partial charge in [-0.2, -0.15) is 5.10 Å². The van der Waals surface area contributed by atoms with E-state index in [1.165, 1.54) is 0 Å². The second-order valence-electron chi connectivity index (χ2n) is 5.32. The predicted molar refractivity (Wildman–Crippen MR) is 87.1 cm³/mol. The molecule has 2 heterocycles. The number of carbonyl (C=O) groups excluding carboxylic acids is 1. The largest absolute Gasteiger partial charge is 0.378 e. The van der Waals surface area contributed by atoms with E-state index in [4.69, 9.17) is 0 Å². The zero-order chi connectivity index (χ0) is 15.5. The Labute approximate surface area is 129 Å². The third-order valence-electron chi connectivity index (χ3n) is 3.59. The lowest BCUT2D eigenvalue weighted by molar-refractivity contribution is 0.0951. The fourth-order valence-corrected chi connectivity index (χ4v) is 2.31. The van der Waals surface area contributed by atoms with Crippen molar-refractivity contribution in [3.05, 3.63) is 66.0 Å². The quantitative estimate of drug-likeness (QED) is 0.803. The highest BCUT2D eigenvalue weighted by Gasteiger charge is 2.08. The molecule has 3 aromatic rings. The molecule has 1 amide bonds. The molecule has 0 fully saturated rings. The van der Waals surface area contributed by atoms with E-state index in [1.807, 2.05) is 67.7 Å². The summed E-state index contributed by atoms with van der Waals surface area (Å²) in [6.45, 7) is 0.460. The Balaban J connectivity index is 1.69. The van der Waals surface area contributed by atoms with Crippen molar-refractivity contribution in [1.29, 1.82) is 0 Å². The number of amides is 1. The third kappa shape index (κ3) is 2.79. The number of rotatable bonds is 4. The maximum absolute atomic E-state index is 12.2. The van der Waals surface area contributed by atoms with Gasteiger partial charge in [0, 0.05) is 43.7 Å². The van der Waals surface area contributed by atoms with Crippen LogP contribution in [0.5, 0.6) is 0 Å². The van der Waals surface area contributed by atoms with Crippen molar-refractivity contribution in [3.8, 4) is 0 Å². The van der Waals surface area contributed by atoms with Crippen molar-refractivity contribution < 1.29 is 4.79 Å². The van der Waals surface area contributed by atoms with Crippen molar-refractivity contribution in [2.24, 2.45) is 0 Å². The Morgan fingerprint density at radius 3 is 2.68 bits per heavy atom. The molecule has 22 heavy (non-hydrogen) atoms. The van der Waals surface area contributed by atoms with Crippen molar-refractivity contribution in [2.75, 3.05) is 19.0 Å². The van der Waals surface area contributed by atoms with E-state index < -0.39 is 0 Å². The number of hydrogen-bond donors (Lipinski definition) is 1. The topological polar surface area (TPSA) is 49.6 Å². The number of anilines is 1. The van der Waals surface area contributed by atoms with Crippen molar-refractivity contribution in [1.82, 2.24) is 14.9 Å². The number of pyridine rings is 1. The van der Waals surface area contributed by atoms with Crippen LogP contribution in [-0.2, 0) is 6.54 Å². The van der Waals surface area contributed by atoms with E-state index in [2.05, 4.69) is 10.4 Å². The minimum atomic E-state index is -0.0828. The van der Waals surface area contributed by atoms with Gasteiger partial charge in [-0.05, 0) is 36.4 Å². The lowest BCUT2D eigenvalue weighted by Gasteiger charge is -2.12.